The van der Waals surface area contributed by atoms with E-state index in [0.717, 1.165) is 37.5 Å². The number of fused-ring (bicyclic) bond motifs is 1. The summed E-state index contributed by atoms with van der Waals surface area (Å²) in [5, 5.41) is 1.81. The molecule has 7 heteroatoms. The number of hydrogen-bond acceptors (Lipinski definition) is 6. The number of carbonyl (C=O) groups is 1. The number of piperazine rings is 1. The van der Waals surface area contributed by atoms with E-state index in [9.17, 15) is 4.79 Å². The zero-order valence-electron chi connectivity index (χ0n) is 18.3. The van der Waals surface area contributed by atoms with Crippen LogP contribution < -0.4 is 4.74 Å². The summed E-state index contributed by atoms with van der Waals surface area (Å²) >= 11 is 1.44. The van der Waals surface area contributed by atoms with Crippen molar-refractivity contribution in [2.45, 2.75) is 19.1 Å². The third-order valence-electron chi connectivity index (χ3n) is 6.31. The highest BCUT2D eigenvalue weighted by Crippen LogP contribution is 2.29. The Hall–Kier alpha value is -2.74. The quantitative estimate of drug-likeness (QED) is 0.610. The van der Waals surface area contributed by atoms with Gasteiger partial charge in [-0.05, 0) is 30.3 Å². The van der Waals surface area contributed by atoms with Gasteiger partial charge in [0.15, 0.2) is 0 Å². The first-order chi connectivity index (χ1) is 15.7. The second kappa shape index (κ2) is 9.40. The Labute approximate surface area is 193 Å². The minimum atomic E-state index is -0.0312. The number of nitrogens with zero attached hydrogens (tertiary/aromatic N) is 4. The van der Waals surface area contributed by atoms with Crippen molar-refractivity contribution in [3.8, 4) is 5.75 Å². The van der Waals surface area contributed by atoms with Crippen LogP contribution in [0.3, 0.4) is 0 Å². The summed E-state index contributed by atoms with van der Waals surface area (Å²) in [7, 11) is 2.20. The molecule has 1 aromatic heterocycles. The lowest BCUT2D eigenvalue weighted by atomic mass is 10.0. The molecule has 2 aromatic carbocycles. The second-order valence-corrected chi connectivity index (χ2v) is 9.27. The number of benzene rings is 2. The van der Waals surface area contributed by atoms with Gasteiger partial charge in [-0.15, -0.1) is 11.3 Å². The van der Waals surface area contributed by atoms with Gasteiger partial charge in [-0.1, -0.05) is 36.4 Å². The lowest BCUT2D eigenvalue weighted by Crippen LogP contribution is -2.46. The first kappa shape index (κ1) is 21.1. The topological polar surface area (TPSA) is 48.9 Å². The molecule has 2 aliphatic heterocycles. The second-order valence-electron chi connectivity index (χ2n) is 8.55. The highest BCUT2D eigenvalue weighted by molar-refractivity contribution is 7.07. The maximum absolute atomic E-state index is 12.9. The number of hydrogen-bond donors (Lipinski definition) is 0. The van der Waals surface area contributed by atoms with E-state index < -0.39 is 0 Å². The molecule has 0 N–H and O–H groups in total. The van der Waals surface area contributed by atoms with E-state index in [4.69, 9.17) is 4.74 Å². The van der Waals surface area contributed by atoms with Crippen LogP contribution >= 0.6 is 11.3 Å². The standard InChI is InChI=1S/C25H28N4O2S/c1-27-9-10-28(23(16-27)20-5-3-2-4-6-20)14-19-7-8-24-21(13-19)15-29(11-12-31-24)25(30)22-17-32-18-26-22/h2-8,13,17-18,23H,9-12,14-16H2,1H3/t23-/m1/s1. The van der Waals surface area contributed by atoms with Crippen LogP contribution in [-0.4, -0.2) is 65.4 Å². The molecule has 166 valence electrons. The van der Waals surface area contributed by atoms with Crippen molar-refractivity contribution in [1.29, 1.82) is 0 Å². The number of ether oxygens (including phenoxy) is 1. The molecule has 1 saturated heterocycles. The predicted octanol–water partition coefficient (Wildman–Crippen LogP) is 3.67. The lowest BCUT2D eigenvalue weighted by molar-refractivity contribution is 0.0728. The van der Waals surface area contributed by atoms with Crippen molar-refractivity contribution in [3.63, 3.8) is 0 Å². The molecule has 32 heavy (non-hydrogen) atoms. The SMILES string of the molecule is CN1CCN(Cc2ccc3c(c2)CN(C(=O)c2cscn2)CCO3)[C@@H](c2ccccc2)C1. The van der Waals surface area contributed by atoms with Crippen molar-refractivity contribution in [3.05, 3.63) is 81.8 Å². The Kier molecular flexibility index (Phi) is 6.21. The van der Waals surface area contributed by atoms with E-state index in [1.54, 1.807) is 5.51 Å². The first-order valence-electron chi connectivity index (χ1n) is 11.1. The van der Waals surface area contributed by atoms with Gasteiger partial charge >= 0.3 is 0 Å². The Bertz CT molecular complexity index is 1060. The average molecular weight is 449 g/mol. The molecule has 5 rings (SSSR count). The van der Waals surface area contributed by atoms with Crippen LogP contribution in [0.25, 0.3) is 0 Å². The summed E-state index contributed by atoms with van der Waals surface area (Å²) in [5.41, 5.74) is 5.89. The van der Waals surface area contributed by atoms with Gasteiger partial charge < -0.3 is 14.5 Å². The molecule has 1 fully saturated rings. The Morgan fingerprint density at radius 1 is 1.16 bits per heavy atom. The van der Waals surface area contributed by atoms with Crippen LogP contribution in [0.1, 0.15) is 33.2 Å². The number of amides is 1. The van der Waals surface area contributed by atoms with Gasteiger partial charge in [0.2, 0.25) is 0 Å². The van der Waals surface area contributed by atoms with Crippen LogP contribution in [0.4, 0.5) is 0 Å². The van der Waals surface area contributed by atoms with Gasteiger partial charge in [-0.2, -0.15) is 0 Å². The van der Waals surface area contributed by atoms with Crippen molar-refractivity contribution < 1.29 is 9.53 Å². The lowest BCUT2D eigenvalue weighted by Gasteiger charge is -2.40. The Morgan fingerprint density at radius 3 is 2.84 bits per heavy atom. The van der Waals surface area contributed by atoms with E-state index in [0.29, 0.717) is 31.4 Å². The summed E-state index contributed by atoms with van der Waals surface area (Å²) in [6.07, 6.45) is 0. The molecule has 6 nitrogen and oxygen atoms in total. The van der Waals surface area contributed by atoms with Gasteiger partial charge in [0.25, 0.3) is 5.91 Å². The van der Waals surface area contributed by atoms with Gasteiger partial charge in [0, 0.05) is 49.7 Å². The fourth-order valence-electron chi connectivity index (χ4n) is 4.57. The van der Waals surface area contributed by atoms with Crippen LogP contribution in [0.15, 0.2) is 59.4 Å². The molecule has 0 unspecified atom stereocenters. The first-order valence-corrected chi connectivity index (χ1v) is 12.0. The molecule has 0 saturated carbocycles. The number of aromatic nitrogens is 1. The molecule has 3 heterocycles. The minimum Gasteiger partial charge on any atom is -0.491 e. The Morgan fingerprint density at radius 2 is 2.03 bits per heavy atom. The maximum Gasteiger partial charge on any atom is 0.273 e. The van der Waals surface area contributed by atoms with Crippen molar-refractivity contribution in [1.82, 2.24) is 19.7 Å². The highest BCUT2D eigenvalue weighted by Gasteiger charge is 2.27. The molecule has 1 amide bonds. The van der Waals surface area contributed by atoms with Gasteiger partial charge in [-0.3, -0.25) is 9.69 Å². The summed E-state index contributed by atoms with van der Waals surface area (Å²) in [5.74, 6) is 0.844. The molecule has 3 aromatic rings. The monoisotopic (exact) mass is 448 g/mol. The van der Waals surface area contributed by atoms with E-state index >= 15 is 0 Å². The van der Waals surface area contributed by atoms with E-state index in [1.165, 1.54) is 22.5 Å². The number of carbonyl (C=O) groups excluding carboxylic acids is 1. The number of likely N-dealkylation sites (N-methyl/N-ethyl adjacent to an activating group) is 1. The van der Waals surface area contributed by atoms with Crippen molar-refractivity contribution in [2.24, 2.45) is 0 Å². The smallest absolute Gasteiger partial charge is 0.273 e. The van der Waals surface area contributed by atoms with Crippen molar-refractivity contribution in [2.75, 3.05) is 39.8 Å². The van der Waals surface area contributed by atoms with E-state index in [-0.39, 0.29) is 5.91 Å². The minimum absolute atomic E-state index is 0.0312. The van der Waals surface area contributed by atoms with Gasteiger partial charge in [0.1, 0.15) is 18.1 Å². The zero-order valence-corrected chi connectivity index (χ0v) is 19.1. The molecule has 2 aliphatic rings. The summed E-state index contributed by atoms with van der Waals surface area (Å²) in [4.78, 5) is 23.9. The Balaban J connectivity index is 1.36. The van der Waals surface area contributed by atoms with Crippen LogP contribution in [0.5, 0.6) is 5.75 Å². The third kappa shape index (κ3) is 4.55. The number of thiazole rings is 1. The molecule has 0 spiro atoms. The summed E-state index contributed by atoms with van der Waals surface area (Å²) in [6, 6.07) is 17.6. The molecular formula is C25H28N4O2S. The zero-order chi connectivity index (χ0) is 21.9. The molecular weight excluding hydrogens is 420 g/mol. The van der Waals surface area contributed by atoms with Crippen LogP contribution in [0.2, 0.25) is 0 Å². The fraction of sp³-hybridized carbons (Fsp3) is 0.360. The number of rotatable bonds is 4. The third-order valence-corrected chi connectivity index (χ3v) is 6.89. The molecule has 0 bridgehead atoms. The highest BCUT2D eigenvalue weighted by atomic mass is 32.1. The maximum atomic E-state index is 12.9. The molecule has 0 radical (unpaired) electrons. The fourth-order valence-corrected chi connectivity index (χ4v) is 5.10. The van der Waals surface area contributed by atoms with E-state index in [2.05, 4.69) is 70.4 Å². The summed E-state index contributed by atoms with van der Waals surface area (Å²) in [6.45, 7) is 5.59. The van der Waals surface area contributed by atoms with Crippen molar-refractivity contribution >= 4 is 17.2 Å². The van der Waals surface area contributed by atoms with E-state index in [1.807, 2.05) is 10.3 Å². The van der Waals surface area contributed by atoms with Gasteiger partial charge in [-0.25, -0.2) is 4.98 Å². The predicted molar refractivity (Wildman–Crippen MR) is 126 cm³/mol. The molecule has 0 aliphatic carbocycles. The average Bonchev–Trinajstić information content (AvgIpc) is 3.27. The largest absolute Gasteiger partial charge is 0.491 e. The molecule has 1 atom stereocenters. The van der Waals surface area contributed by atoms with Gasteiger partial charge in [0.05, 0.1) is 12.1 Å². The summed E-state index contributed by atoms with van der Waals surface area (Å²) < 4.78 is 5.96. The normalized spacial score (nSPS) is 19.8. The van der Waals surface area contributed by atoms with Crippen LogP contribution in [-0.2, 0) is 13.1 Å². The van der Waals surface area contributed by atoms with Crippen LogP contribution in [0, 0.1) is 0 Å².